The third-order valence-electron chi connectivity index (χ3n) is 5.31. The third kappa shape index (κ3) is 4.15. The van der Waals surface area contributed by atoms with Crippen LogP contribution in [0.25, 0.3) is 0 Å². The molecule has 1 N–H and O–H groups in total. The molecule has 0 atom stereocenters. The Labute approximate surface area is 127 Å². The van der Waals surface area contributed by atoms with Crippen molar-refractivity contribution in [3.8, 4) is 0 Å². The summed E-state index contributed by atoms with van der Waals surface area (Å²) in [5, 5.41) is 3.24. The summed E-state index contributed by atoms with van der Waals surface area (Å²) in [7, 11) is 1.77. The number of hydrogen-bond acceptors (Lipinski definition) is 4. The van der Waals surface area contributed by atoms with E-state index in [-0.39, 0.29) is 0 Å². The Balaban J connectivity index is 1.35. The molecule has 5 heteroatoms. The lowest BCUT2D eigenvalue weighted by Crippen LogP contribution is -2.50. The van der Waals surface area contributed by atoms with Crippen molar-refractivity contribution in [1.82, 2.24) is 10.2 Å². The van der Waals surface area contributed by atoms with Crippen LogP contribution in [0.2, 0.25) is 0 Å². The van der Waals surface area contributed by atoms with Crippen LogP contribution >= 0.6 is 0 Å². The summed E-state index contributed by atoms with van der Waals surface area (Å²) in [6, 6.07) is 0. The van der Waals surface area contributed by atoms with Crippen molar-refractivity contribution >= 4 is 0 Å². The molecule has 3 rings (SSSR count). The van der Waals surface area contributed by atoms with Gasteiger partial charge in [-0.3, -0.25) is 4.90 Å². The van der Waals surface area contributed by atoms with Crippen LogP contribution in [0.15, 0.2) is 0 Å². The number of halogens is 1. The molecule has 122 valence electrons. The van der Waals surface area contributed by atoms with Gasteiger partial charge in [-0.15, -0.1) is 0 Å². The number of ether oxygens (including phenoxy) is 2. The predicted molar refractivity (Wildman–Crippen MR) is 80.3 cm³/mol. The van der Waals surface area contributed by atoms with Gasteiger partial charge in [0.05, 0.1) is 18.3 Å². The Morgan fingerprint density at radius 2 is 1.76 bits per heavy atom. The van der Waals surface area contributed by atoms with E-state index in [1.54, 1.807) is 7.11 Å². The fourth-order valence-electron chi connectivity index (χ4n) is 3.73. The summed E-state index contributed by atoms with van der Waals surface area (Å²) in [5.41, 5.74) is -0.974. The molecule has 0 amide bonds. The van der Waals surface area contributed by atoms with Gasteiger partial charge in [-0.25, -0.2) is 4.39 Å². The minimum atomic E-state index is -0.974. The van der Waals surface area contributed by atoms with Gasteiger partial charge >= 0.3 is 0 Å². The molecule has 21 heavy (non-hydrogen) atoms. The third-order valence-corrected chi connectivity index (χ3v) is 5.31. The Hall–Kier alpha value is -0.230. The normalized spacial score (nSPS) is 34.6. The van der Waals surface area contributed by atoms with E-state index < -0.39 is 5.67 Å². The number of methoxy groups -OCH3 is 1. The van der Waals surface area contributed by atoms with Crippen molar-refractivity contribution in [1.29, 1.82) is 0 Å². The van der Waals surface area contributed by atoms with E-state index in [0.29, 0.717) is 37.7 Å². The zero-order chi connectivity index (χ0) is 14.7. The topological polar surface area (TPSA) is 33.7 Å². The number of nitrogens with one attached hydrogen (secondary N) is 1. The molecule has 2 saturated heterocycles. The number of hydrogen-bond donors (Lipinski definition) is 1. The molecule has 3 aliphatic rings. The maximum absolute atomic E-state index is 14.7. The minimum absolute atomic E-state index is 0.368. The van der Waals surface area contributed by atoms with Gasteiger partial charge in [-0.1, -0.05) is 0 Å². The molecular weight excluding hydrogens is 271 g/mol. The summed E-state index contributed by atoms with van der Waals surface area (Å²) >= 11 is 0. The second kappa shape index (κ2) is 6.90. The highest BCUT2D eigenvalue weighted by molar-refractivity contribution is 4.90. The van der Waals surface area contributed by atoms with Crippen molar-refractivity contribution in [2.45, 2.75) is 62.5 Å². The molecule has 0 spiro atoms. The Bertz CT molecular complexity index is 322. The standard InChI is InChI=1S/C16H29FN2O2/c1-20-14-10-15(11-14)21-13-2-8-19(9-3-13)12-16(17)4-6-18-7-5-16/h13-15,18H,2-12H2,1H3/t14-,15-. The van der Waals surface area contributed by atoms with Crippen LogP contribution in [0.4, 0.5) is 4.39 Å². The van der Waals surface area contributed by atoms with Crippen LogP contribution < -0.4 is 5.32 Å². The molecule has 1 aliphatic carbocycles. The molecule has 0 radical (unpaired) electrons. The van der Waals surface area contributed by atoms with Crippen LogP contribution in [0.1, 0.15) is 38.5 Å². The Kier molecular flexibility index (Phi) is 5.15. The van der Waals surface area contributed by atoms with Crippen molar-refractivity contribution in [3.63, 3.8) is 0 Å². The highest BCUT2D eigenvalue weighted by Gasteiger charge is 2.36. The zero-order valence-corrected chi connectivity index (χ0v) is 13.2. The van der Waals surface area contributed by atoms with E-state index in [0.717, 1.165) is 51.9 Å². The van der Waals surface area contributed by atoms with E-state index in [4.69, 9.17) is 9.47 Å². The fraction of sp³-hybridized carbons (Fsp3) is 1.00. The van der Waals surface area contributed by atoms with Crippen molar-refractivity contribution in [2.24, 2.45) is 0 Å². The number of likely N-dealkylation sites (tertiary alicyclic amines) is 1. The monoisotopic (exact) mass is 300 g/mol. The van der Waals surface area contributed by atoms with Gasteiger partial charge in [-0.05, 0) is 51.6 Å². The maximum Gasteiger partial charge on any atom is 0.126 e. The molecule has 1 saturated carbocycles. The van der Waals surface area contributed by atoms with Crippen molar-refractivity contribution in [2.75, 3.05) is 39.8 Å². The smallest absolute Gasteiger partial charge is 0.126 e. The second-order valence-corrected chi connectivity index (χ2v) is 6.96. The van der Waals surface area contributed by atoms with Crippen molar-refractivity contribution in [3.05, 3.63) is 0 Å². The summed E-state index contributed by atoms with van der Waals surface area (Å²) < 4.78 is 26.1. The van der Waals surface area contributed by atoms with Crippen LogP contribution in [-0.4, -0.2) is 68.7 Å². The lowest BCUT2D eigenvalue weighted by molar-refractivity contribution is -0.127. The number of rotatable bonds is 5. The molecule has 0 unspecified atom stereocenters. The van der Waals surface area contributed by atoms with Crippen LogP contribution in [0.3, 0.4) is 0 Å². The fourth-order valence-corrected chi connectivity index (χ4v) is 3.73. The largest absolute Gasteiger partial charge is 0.381 e. The lowest BCUT2D eigenvalue weighted by atomic mass is 9.91. The SMILES string of the molecule is CO[C@H]1C[C@H](OC2CCN(CC3(F)CCNCC3)CC2)C1. The van der Waals surface area contributed by atoms with E-state index >= 15 is 0 Å². The number of alkyl halides is 1. The van der Waals surface area contributed by atoms with Gasteiger partial charge < -0.3 is 14.8 Å². The molecule has 2 aliphatic heterocycles. The molecule has 0 aromatic carbocycles. The van der Waals surface area contributed by atoms with Gasteiger partial charge in [0, 0.05) is 26.7 Å². The molecule has 0 bridgehead atoms. The van der Waals surface area contributed by atoms with Gasteiger partial charge in [-0.2, -0.15) is 0 Å². The Morgan fingerprint density at radius 1 is 1.10 bits per heavy atom. The average Bonchev–Trinajstić information content (AvgIpc) is 2.44. The minimum Gasteiger partial charge on any atom is -0.381 e. The highest BCUT2D eigenvalue weighted by atomic mass is 19.1. The molecular formula is C16H29FN2O2. The van der Waals surface area contributed by atoms with Gasteiger partial charge in [0.15, 0.2) is 0 Å². The molecule has 0 aromatic heterocycles. The highest BCUT2D eigenvalue weighted by Crippen LogP contribution is 2.30. The van der Waals surface area contributed by atoms with E-state index in [1.807, 2.05) is 0 Å². The second-order valence-electron chi connectivity index (χ2n) is 6.96. The van der Waals surface area contributed by atoms with Crippen LogP contribution in [-0.2, 0) is 9.47 Å². The quantitative estimate of drug-likeness (QED) is 0.838. The first-order valence-electron chi connectivity index (χ1n) is 8.47. The van der Waals surface area contributed by atoms with Gasteiger partial charge in [0.25, 0.3) is 0 Å². The lowest BCUT2D eigenvalue weighted by Gasteiger charge is -2.41. The first-order chi connectivity index (χ1) is 10.2. The average molecular weight is 300 g/mol. The predicted octanol–water partition coefficient (Wildman–Crippen LogP) is 1.74. The number of nitrogens with zero attached hydrogens (tertiary/aromatic N) is 1. The first kappa shape index (κ1) is 15.7. The van der Waals surface area contributed by atoms with E-state index in [9.17, 15) is 4.39 Å². The molecule has 0 aromatic rings. The molecule has 3 fully saturated rings. The zero-order valence-electron chi connectivity index (χ0n) is 13.2. The summed E-state index contributed by atoms with van der Waals surface area (Å²) in [4.78, 5) is 2.30. The van der Waals surface area contributed by atoms with Gasteiger partial charge in [0.2, 0.25) is 0 Å². The van der Waals surface area contributed by atoms with Crippen LogP contribution in [0, 0.1) is 0 Å². The summed E-state index contributed by atoms with van der Waals surface area (Å²) in [6.07, 6.45) is 6.64. The maximum atomic E-state index is 14.7. The van der Waals surface area contributed by atoms with E-state index in [2.05, 4.69) is 10.2 Å². The van der Waals surface area contributed by atoms with Crippen LogP contribution in [0.5, 0.6) is 0 Å². The first-order valence-corrected chi connectivity index (χ1v) is 8.47. The Morgan fingerprint density at radius 3 is 2.38 bits per heavy atom. The van der Waals surface area contributed by atoms with Crippen molar-refractivity contribution < 1.29 is 13.9 Å². The number of piperidine rings is 2. The summed E-state index contributed by atoms with van der Waals surface area (Å²) in [6.45, 7) is 4.20. The summed E-state index contributed by atoms with van der Waals surface area (Å²) in [5.74, 6) is 0. The molecule has 2 heterocycles. The van der Waals surface area contributed by atoms with E-state index in [1.165, 1.54) is 0 Å². The van der Waals surface area contributed by atoms with Gasteiger partial charge in [0.1, 0.15) is 5.67 Å². The molecule has 4 nitrogen and oxygen atoms in total.